The summed E-state index contributed by atoms with van der Waals surface area (Å²) in [6, 6.07) is 7.29. The van der Waals surface area contributed by atoms with E-state index >= 15 is 0 Å². The Morgan fingerprint density at radius 1 is 1.38 bits per heavy atom. The van der Waals surface area contributed by atoms with E-state index in [4.69, 9.17) is 5.26 Å². The second-order valence-corrected chi connectivity index (χ2v) is 2.48. The molecule has 0 heterocycles. The number of nitriles is 1. The van der Waals surface area contributed by atoms with Gasteiger partial charge in [-0.3, -0.25) is 0 Å². The van der Waals surface area contributed by atoms with E-state index in [9.17, 15) is 8.78 Å². The van der Waals surface area contributed by atoms with Crippen LogP contribution in [0.1, 0.15) is 11.1 Å². The Kier molecular flexibility index (Phi) is 2.43. The number of rotatable bonds is 2. The summed E-state index contributed by atoms with van der Waals surface area (Å²) in [5.41, 5.74) is -0.320. The van der Waals surface area contributed by atoms with Crippen LogP contribution in [0, 0.1) is 11.3 Å². The highest BCUT2D eigenvalue weighted by atomic mass is 19.3. The smallest absolute Gasteiger partial charge is 0.196 e. The minimum absolute atomic E-state index is 0.0209. The maximum Gasteiger partial charge on any atom is 0.292 e. The standard InChI is InChI=1S/C10H7F2N/c1-2-10(11,12)9-6-4-3-5-8(9)7-13/h2-6H,1H2. The fraction of sp³-hybridized carbons (Fsp3) is 0.100. The van der Waals surface area contributed by atoms with Crippen LogP contribution >= 0.6 is 0 Å². The van der Waals surface area contributed by atoms with Gasteiger partial charge in [-0.25, -0.2) is 0 Å². The van der Waals surface area contributed by atoms with E-state index in [0.29, 0.717) is 6.08 Å². The highest BCUT2D eigenvalue weighted by Crippen LogP contribution is 2.30. The Balaban J connectivity index is 3.30. The quantitative estimate of drug-likeness (QED) is 0.640. The number of allylic oxidation sites excluding steroid dienone is 1. The highest BCUT2D eigenvalue weighted by molar-refractivity contribution is 5.41. The molecule has 1 nitrogen and oxygen atoms in total. The van der Waals surface area contributed by atoms with Crippen molar-refractivity contribution in [3.8, 4) is 6.07 Å². The van der Waals surface area contributed by atoms with Crippen molar-refractivity contribution in [3.05, 3.63) is 48.0 Å². The fourth-order valence-corrected chi connectivity index (χ4v) is 0.981. The molecule has 0 radical (unpaired) electrons. The zero-order valence-electron chi connectivity index (χ0n) is 6.80. The van der Waals surface area contributed by atoms with E-state index in [2.05, 4.69) is 6.58 Å². The molecular formula is C10H7F2N. The highest BCUT2D eigenvalue weighted by Gasteiger charge is 2.29. The Bertz CT molecular complexity index is 363. The summed E-state index contributed by atoms with van der Waals surface area (Å²) >= 11 is 0. The topological polar surface area (TPSA) is 23.8 Å². The molecule has 0 saturated heterocycles. The zero-order chi connectivity index (χ0) is 9.90. The fourth-order valence-electron chi connectivity index (χ4n) is 0.981. The molecule has 0 bridgehead atoms. The maximum atomic E-state index is 13.1. The SMILES string of the molecule is C=CC(F)(F)c1ccccc1C#N. The molecule has 3 heteroatoms. The lowest BCUT2D eigenvalue weighted by Crippen LogP contribution is -2.10. The van der Waals surface area contributed by atoms with Crippen molar-refractivity contribution in [2.45, 2.75) is 5.92 Å². The van der Waals surface area contributed by atoms with Crippen LogP contribution < -0.4 is 0 Å². The normalized spacial score (nSPS) is 10.5. The third-order valence-electron chi connectivity index (χ3n) is 1.66. The first-order valence-corrected chi connectivity index (χ1v) is 3.63. The summed E-state index contributed by atoms with van der Waals surface area (Å²) in [5.74, 6) is -3.13. The summed E-state index contributed by atoms with van der Waals surface area (Å²) in [5, 5.41) is 8.56. The first-order chi connectivity index (χ1) is 6.11. The largest absolute Gasteiger partial charge is 0.292 e. The number of benzene rings is 1. The van der Waals surface area contributed by atoms with Gasteiger partial charge >= 0.3 is 0 Å². The number of hydrogen-bond acceptors (Lipinski definition) is 1. The number of halogens is 2. The molecule has 0 aliphatic rings. The van der Waals surface area contributed by atoms with Crippen molar-refractivity contribution in [1.29, 1.82) is 5.26 Å². The second-order valence-electron chi connectivity index (χ2n) is 2.48. The predicted octanol–water partition coefficient (Wildman–Crippen LogP) is 2.84. The molecule has 0 spiro atoms. The second kappa shape index (κ2) is 3.36. The van der Waals surface area contributed by atoms with Gasteiger partial charge in [0.2, 0.25) is 0 Å². The van der Waals surface area contributed by atoms with Crippen LogP contribution in [0.5, 0.6) is 0 Å². The molecule has 0 aliphatic carbocycles. The van der Waals surface area contributed by atoms with E-state index in [1.165, 1.54) is 18.2 Å². The van der Waals surface area contributed by atoms with Gasteiger partial charge in [0.15, 0.2) is 0 Å². The summed E-state index contributed by atoms with van der Waals surface area (Å²) in [6.07, 6.45) is 0.531. The molecule has 0 amide bonds. The van der Waals surface area contributed by atoms with Crippen molar-refractivity contribution in [3.63, 3.8) is 0 Å². The van der Waals surface area contributed by atoms with Crippen LogP contribution in [-0.2, 0) is 5.92 Å². The molecule has 13 heavy (non-hydrogen) atoms. The summed E-state index contributed by atoms with van der Waals surface area (Å²) in [6.45, 7) is 3.02. The molecule has 66 valence electrons. The average molecular weight is 179 g/mol. The van der Waals surface area contributed by atoms with Crippen LogP contribution in [0.3, 0.4) is 0 Å². The Morgan fingerprint density at radius 3 is 2.54 bits per heavy atom. The van der Waals surface area contributed by atoms with Crippen molar-refractivity contribution >= 4 is 0 Å². The van der Waals surface area contributed by atoms with Crippen LogP contribution in [0.4, 0.5) is 8.78 Å². The van der Waals surface area contributed by atoms with E-state index in [-0.39, 0.29) is 11.1 Å². The third kappa shape index (κ3) is 1.73. The van der Waals surface area contributed by atoms with Crippen LogP contribution in [0.15, 0.2) is 36.9 Å². The van der Waals surface area contributed by atoms with Crippen molar-refractivity contribution in [1.82, 2.24) is 0 Å². The molecule has 0 N–H and O–H groups in total. The van der Waals surface area contributed by atoms with Gasteiger partial charge in [-0.2, -0.15) is 14.0 Å². The molecule has 0 aromatic heterocycles. The number of nitrogens with zero attached hydrogens (tertiary/aromatic N) is 1. The van der Waals surface area contributed by atoms with Gasteiger partial charge < -0.3 is 0 Å². The van der Waals surface area contributed by atoms with E-state index in [1.807, 2.05) is 0 Å². The molecule has 0 fully saturated rings. The first kappa shape index (κ1) is 9.40. The molecule has 0 unspecified atom stereocenters. The Morgan fingerprint density at radius 2 is 2.00 bits per heavy atom. The maximum absolute atomic E-state index is 13.1. The van der Waals surface area contributed by atoms with Crippen molar-refractivity contribution in [2.24, 2.45) is 0 Å². The van der Waals surface area contributed by atoms with Crippen molar-refractivity contribution < 1.29 is 8.78 Å². The van der Waals surface area contributed by atoms with Gasteiger partial charge in [0.1, 0.15) is 0 Å². The number of hydrogen-bond donors (Lipinski definition) is 0. The molecule has 0 saturated carbocycles. The van der Waals surface area contributed by atoms with Crippen molar-refractivity contribution in [2.75, 3.05) is 0 Å². The summed E-state index contributed by atoms with van der Waals surface area (Å²) < 4.78 is 26.1. The first-order valence-electron chi connectivity index (χ1n) is 3.63. The number of alkyl halides is 2. The minimum Gasteiger partial charge on any atom is -0.196 e. The van der Waals surface area contributed by atoms with Gasteiger partial charge in [0.25, 0.3) is 5.92 Å². The monoisotopic (exact) mass is 179 g/mol. The summed E-state index contributed by atoms with van der Waals surface area (Å²) in [7, 11) is 0. The van der Waals surface area contributed by atoms with Crippen LogP contribution in [-0.4, -0.2) is 0 Å². The predicted molar refractivity (Wildman–Crippen MR) is 45.2 cm³/mol. The zero-order valence-corrected chi connectivity index (χ0v) is 6.80. The van der Waals surface area contributed by atoms with Crippen LogP contribution in [0.25, 0.3) is 0 Å². The third-order valence-corrected chi connectivity index (χ3v) is 1.66. The van der Waals surface area contributed by atoms with E-state index in [0.717, 1.165) is 0 Å². The minimum atomic E-state index is -3.13. The van der Waals surface area contributed by atoms with E-state index < -0.39 is 5.92 Å². The summed E-state index contributed by atoms with van der Waals surface area (Å²) in [4.78, 5) is 0. The van der Waals surface area contributed by atoms with Gasteiger partial charge in [0, 0.05) is 5.56 Å². The van der Waals surface area contributed by atoms with Gasteiger partial charge in [-0.15, -0.1) is 0 Å². The lowest BCUT2D eigenvalue weighted by molar-refractivity contribution is 0.0522. The van der Waals surface area contributed by atoms with Crippen LogP contribution in [0.2, 0.25) is 0 Å². The Hall–Kier alpha value is -1.69. The van der Waals surface area contributed by atoms with Gasteiger partial charge in [-0.1, -0.05) is 24.8 Å². The Labute approximate surface area is 74.9 Å². The molecule has 1 aromatic rings. The lowest BCUT2D eigenvalue weighted by Gasteiger charge is -2.12. The van der Waals surface area contributed by atoms with Gasteiger partial charge in [0.05, 0.1) is 11.6 Å². The molecule has 1 aromatic carbocycles. The average Bonchev–Trinajstić information content (AvgIpc) is 2.18. The molecular weight excluding hydrogens is 172 g/mol. The van der Waals surface area contributed by atoms with Gasteiger partial charge in [-0.05, 0) is 12.1 Å². The lowest BCUT2D eigenvalue weighted by atomic mass is 10.0. The van der Waals surface area contributed by atoms with E-state index in [1.54, 1.807) is 12.1 Å². The molecule has 0 aliphatic heterocycles. The molecule has 1 rings (SSSR count). The molecule has 0 atom stereocenters.